The first-order chi connectivity index (χ1) is 6.95. The van der Waals surface area contributed by atoms with Crippen LogP contribution in [0.1, 0.15) is 20.8 Å². The Hall–Kier alpha value is -0.873. The van der Waals surface area contributed by atoms with Gasteiger partial charge in [-0.1, -0.05) is 0 Å². The Balaban J connectivity index is 4.81. The first-order valence-corrected chi connectivity index (χ1v) is 7.30. The lowest BCUT2D eigenvalue weighted by Gasteiger charge is -2.21. The summed E-state index contributed by atoms with van der Waals surface area (Å²) in [4.78, 5) is 10.5. The van der Waals surface area contributed by atoms with E-state index < -0.39 is 14.5 Å². The molecule has 0 aliphatic heterocycles. The van der Waals surface area contributed by atoms with Crippen LogP contribution in [-0.2, 0) is 13.6 Å². The maximum atomic E-state index is 10.5. The minimum atomic E-state index is -2.38. The molecule has 0 aromatic heterocycles. The Bertz CT molecular complexity index is 273. The van der Waals surface area contributed by atoms with E-state index in [0.29, 0.717) is 13.2 Å². The maximum absolute atomic E-state index is 10.5. The highest BCUT2D eigenvalue weighted by Gasteiger charge is 2.27. The van der Waals surface area contributed by atoms with Crippen LogP contribution in [0.15, 0.2) is 17.0 Å². The van der Waals surface area contributed by atoms with E-state index in [9.17, 15) is 4.79 Å². The summed E-state index contributed by atoms with van der Waals surface area (Å²) in [7, 11) is -2.38. The van der Waals surface area contributed by atoms with E-state index in [2.05, 4.69) is 5.73 Å². The van der Waals surface area contributed by atoms with Crippen LogP contribution in [-0.4, -0.2) is 32.9 Å². The van der Waals surface area contributed by atoms with Crippen molar-refractivity contribution in [1.29, 1.82) is 0 Å². The summed E-state index contributed by atoms with van der Waals surface area (Å²) in [5.41, 5.74) is 4.48. The van der Waals surface area contributed by atoms with Gasteiger partial charge in [-0.3, -0.25) is 0 Å². The fourth-order valence-corrected chi connectivity index (χ4v) is 2.87. The summed E-state index contributed by atoms with van der Waals surface area (Å²) in [6.07, 6.45) is 0. The average Bonchev–Trinajstić information content (AvgIpc) is 2.15. The smallest absolute Gasteiger partial charge is 0.369 e. The van der Waals surface area contributed by atoms with E-state index in [1.54, 1.807) is 5.70 Å². The van der Waals surface area contributed by atoms with Gasteiger partial charge in [-0.15, -0.1) is 5.73 Å². The largest absolute Gasteiger partial charge is 0.477 e. The molecule has 0 amide bonds. The van der Waals surface area contributed by atoms with E-state index in [4.69, 9.17) is 14.0 Å². The number of aliphatic carboxylic acids is 1. The standard InChI is InChI=1S/C10H18O4Si/c1-5-13-15(4,14-6-2)8-7-9(3)10(11)12/h8H,5-6H2,1-4H3,(H,11,12). The quantitative estimate of drug-likeness (QED) is 0.430. The van der Waals surface area contributed by atoms with Crippen molar-refractivity contribution in [1.82, 2.24) is 0 Å². The molecule has 1 N–H and O–H groups in total. The SMILES string of the molecule is CCO[Si](C)(C=C=C(C)C(=O)O)OCC. The molecule has 0 fully saturated rings. The van der Waals surface area contributed by atoms with Crippen LogP contribution in [0.2, 0.25) is 6.55 Å². The molecule has 0 rings (SSSR count). The zero-order chi connectivity index (χ0) is 11.9. The first-order valence-electron chi connectivity index (χ1n) is 4.90. The molecule has 0 unspecified atom stereocenters. The van der Waals surface area contributed by atoms with Crippen molar-refractivity contribution in [2.24, 2.45) is 0 Å². The van der Waals surface area contributed by atoms with Crippen LogP contribution >= 0.6 is 0 Å². The van der Waals surface area contributed by atoms with Crippen LogP contribution in [0.4, 0.5) is 0 Å². The van der Waals surface area contributed by atoms with Crippen molar-refractivity contribution in [3.05, 3.63) is 17.0 Å². The summed E-state index contributed by atoms with van der Waals surface area (Å²) in [6.45, 7) is 8.21. The van der Waals surface area contributed by atoms with Gasteiger partial charge in [0.25, 0.3) is 0 Å². The van der Waals surface area contributed by atoms with Gasteiger partial charge in [-0.05, 0) is 27.3 Å². The molecule has 5 heteroatoms. The molecule has 15 heavy (non-hydrogen) atoms. The molecule has 0 bridgehead atoms. The normalized spacial score (nSPS) is 10.7. The van der Waals surface area contributed by atoms with Gasteiger partial charge in [0.2, 0.25) is 0 Å². The van der Waals surface area contributed by atoms with Crippen molar-refractivity contribution in [3.63, 3.8) is 0 Å². The monoisotopic (exact) mass is 230 g/mol. The molecule has 0 saturated heterocycles. The average molecular weight is 230 g/mol. The lowest BCUT2D eigenvalue weighted by atomic mass is 10.3. The topological polar surface area (TPSA) is 55.8 Å². The number of hydrogen-bond donors (Lipinski definition) is 1. The number of rotatable bonds is 6. The third-order valence-electron chi connectivity index (χ3n) is 1.73. The highest BCUT2D eigenvalue weighted by atomic mass is 28.4. The summed E-state index contributed by atoms with van der Waals surface area (Å²) in [6, 6.07) is 0. The van der Waals surface area contributed by atoms with Gasteiger partial charge in [0.15, 0.2) is 0 Å². The Morgan fingerprint density at radius 3 is 2.20 bits per heavy atom. The predicted octanol–water partition coefficient (Wildman–Crippen LogP) is 1.86. The van der Waals surface area contributed by atoms with Gasteiger partial charge in [0.1, 0.15) is 0 Å². The van der Waals surface area contributed by atoms with Gasteiger partial charge < -0.3 is 14.0 Å². The molecule has 0 atom stereocenters. The molecule has 0 saturated carbocycles. The summed E-state index contributed by atoms with van der Waals surface area (Å²) >= 11 is 0. The molecular formula is C10H18O4Si. The fraction of sp³-hybridized carbons (Fsp3) is 0.600. The predicted molar refractivity (Wildman–Crippen MR) is 59.8 cm³/mol. The maximum Gasteiger partial charge on any atom is 0.369 e. The second-order valence-corrected chi connectivity index (χ2v) is 6.00. The zero-order valence-electron chi connectivity index (χ0n) is 9.66. The third kappa shape index (κ3) is 5.54. The van der Waals surface area contributed by atoms with Crippen LogP contribution in [0.3, 0.4) is 0 Å². The van der Waals surface area contributed by atoms with Crippen molar-refractivity contribution in [2.75, 3.05) is 13.2 Å². The minimum absolute atomic E-state index is 0.160. The van der Waals surface area contributed by atoms with Crippen LogP contribution in [0.25, 0.3) is 0 Å². The Kier molecular flexibility index (Phi) is 6.20. The molecule has 4 nitrogen and oxygen atoms in total. The number of carboxylic acids is 1. The van der Waals surface area contributed by atoms with E-state index >= 15 is 0 Å². The van der Waals surface area contributed by atoms with Gasteiger partial charge in [-0.2, -0.15) is 0 Å². The zero-order valence-corrected chi connectivity index (χ0v) is 10.7. The number of hydrogen-bond acceptors (Lipinski definition) is 3. The molecule has 0 heterocycles. The third-order valence-corrected chi connectivity index (χ3v) is 4.13. The number of carbonyl (C=O) groups is 1. The van der Waals surface area contributed by atoms with Crippen LogP contribution in [0, 0.1) is 0 Å². The van der Waals surface area contributed by atoms with Crippen LogP contribution in [0.5, 0.6) is 0 Å². The van der Waals surface area contributed by atoms with Gasteiger partial charge in [0.05, 0.1) is 5.57 Å². The summed E-state index contributed by atoms with van der Waals surface area (Å²) < 4.78 is 11.0. The summed E-state index contributed by atoms with van der Waals surface area (Å²) in [5.74, 6) is -0.976. The molecule has 0 aromatic rings. The van der Waals surface area contributed by atoms with E-state index in [-0.39, 0.29) is 5.57 Å². The Labute approximate surface area is 91.5 Å². The highest BCUT2D eigenvalue weighted by molar-refractivity contribution is 6.71. The van der Waals surface area contributed by atoms with Crippen molar-refractivity contribution in [3.8, 4) is 0 Å². The highest BCUT2D eigenvalue weighted by Crippen LogP contribution is 2.08. The summed E-state index contributed by atoms with van der Waals surface area (Å²) in [5, 5.41) is 8.65. The molecule has 0 aliphatic rings. The minimum Gasteiger partial charge on any atom is -0.477 e. The fourth-order valence-electron chi connectivity index (χ4n) is 0.999. The molecule has 0 radical (unpaired) electrons. The van der Waals surface area contributed by atoms with Gasteiger partial charge >= 0.3 is 14.5 Å². The lowest BCUT2D eigenvalue weighted by molar-refractivity contribution is -0.132. The molecule has 0 aromatic carbocycles. The number of carboxylic acid groups (broad SMARTS) is 1. The van der Waals surface area contributed by atoms with E-state index in [0.717, 1.165) is 0 Å². The Morgan fingerprint density at radius 2 is 1.87 bits per heavy atom. The first kappa shape index (κ1) is 14.1. The van der Waals surface area contributed by atoms with Gasteiger partial charge in [0, 0.05) is 18.9 Å². The molecule has 0 spiro atoms. The molecule has 86 valence electrons. The van der Waals surface area contributed by atoms with Gasteiger partial charge in [-0.25, -0.2) is 4.79 Å². The molecular weight excluding hydrogens is 212 g/mol. The second kappa shape index (κ2) is 6.58. The van der Waals surface area contributed by atoms with Crippen molar-refractivity contribution in [2.45, 2.75) is 27.3 Å². The van der Waals surface area contributed by atoms with Crippen molar-refractivity contribution < 1.29 is 18.8 Å². The van der Waals surface area contributed by atoms with Crippen molar-refractivity contribution >= 4 is 14.5 Å². The van der Waals surface area contributed by atoms with Crippen LogP contribution < -0.4 is 0 Å². The second-order valence-electron chi connectivity index (χ2n) is 3.10. The lowest BCUT2D eigenvalue weighted by Crippen LogP contribution is -2.36. The van der Waals surface area contributed by atoms with E-state index in [1.807, 2.05) is 20.4 Å². The Morgan fingerprint density at radius 1 is 1.40 bits per heavy atom. The van der Waals surface area contributed by atoms with E-state index in [1.165, 1.54) is 6.92 Å². The molecule has 0 aliphatic carbocycles.